The number of rotatable bonds is 6. The van der Waals surface area contributed by atoms with E-state index in [0.29, 0.717) is 17.0 Å². The Bertz CT molecular complexity index is 3420. The van der Waals surface area contributed by atoms with Crippen LogP contribution in [0, 0.1) is 104 Å². The zero-order valence-corrected chi connectivity index (χ0v) is 53.6. The molecule has 1 aliphatic rings. The molecule has 1 aliphatic heterocycles. The van der Waals surface area contributed by atoms with Crippen molar-refractivity contribution in [2.75, 3.05) is 0 Å². The van der Waals surface area contributed by atoms with Gasteiger partial charge >= 0.3 is 5.69 Å². The van der Waals surface area contributed by atoms with Gasteiger partial charge in [0, 0.05) is 86.6 Å². The Morgan fingerprint density at radius 3 is 1.29 bits per heavy atom. The van der Waals surface area contributed by atoms with Crippen LogP contribution in [-0.2, 0) is 4.79 Å². The molecule has 0 radical (unpaired) electrons. The van der Waals surface area contributed by atoms with Gasteiger partial charge in [-0.15, -0.1) is 0 Å². The average Bonchev–Trinajstić information content (AvgIpc) is 3.33. The van der Waals surface area contributed by atoms with Gasteiger partial charge in [-0.1, -0.05) is 6.58 Å². The highest BCUT2D eigenvalue weighted by Gasteiger charge is 2.27. The Balaban J connectivity index is 0.000000474. The van der Waals surface area contributed by atoms with Crippen molar-refractivity contribution in [1.29, 1.82) is 0 Å². The Kier molecular flexibility index (Phi) is 26.0. The van der Waals surface area contributed by atoms with Crippen LogP contribution in [0.1, 0.15) is 212 Å². The van der Waals surface area contributed by atoms with Crippen molar-refractivity contribution in [3.05, 3.63) is 171 Å². The third-order valence-corrected chi connectivity index (χ3v) is 14.4. The van der Waals surface area contributed by atoms with Crippen molar-refractivity contribution in [2.24, 2.45) is 0 Å². The minimum absolute atomic E-state index is 0.0260. The first kappa shape index (κ1) is 70.0. The first-order valence-corrected chi connectivity index (χ1v) is 27.3. The van der Waals surface area contributed by atoms with Gasteiger partial charge in [-0.25, -0.2) is 14.5 Å². The second-order valence-electron chi connectivity index (χ2n) is 22.2. The zero-order chi connectivity index (χ0) is 61.9. The van der Waals surface area contributed by atoms with E-state index in [0.717, 1.165) is 79.2 Å². The molecule has 438 valence electrons. The minimum atomic E-state index is -0.330. The predicted octanol–water partition coefficient (Wildman–Crippen LogP) is 10.2. The molecule has 0 unspecified atom stereocenters. The first-order valence-electron chi connectivity index (χ1n) is 27.3. The van der Waals surface area contributed by atoms with Crippen LogP contribution in [0.25, 0.3) is 0 Å². The normalized spacial score (nSPS) is 12.2. The third-order valence-electron chi connectivity index (χ3n) is 14.4. The van der Waals surface area contributed by atoms with Crippen LogP contribution >= 0.6 is 0 Å². The summed E-state index contributed by atoms with van der Waals surface area (Å²) in [5, 5.41) is 7.19. The van der Waals surface area contributed by atoms with E-state index in [1.165, 1.54) is 10.2 Å². The van der Waals surface area contributed by atoms with Crippen LogP contribution in [0.5, 0.6) is 0 Å². The number of aryl methyl sites for hydroxylation is 5. The lowest BCUT2D eigenvalue weighted by Gasteiger charge is -2.34. The lowest BCUT2D eigenvalue weighted by molar-refractivity contribution is -0.127. The van der Waals surface area contributed by atoms with Gasteiger partial charge in [-0.2, -0.15) is 5.10 Å². The van der Waals surface area contributed by atoms with E-state index in [4.69, 9.17) is 0 Å². The fraction of sp³-hybridized carbons (Fsp3) is 0.574. The van der Waals surface area contributed by atoms with Crippen LogP contribution in [0.3, 0.4) is 0 Å². The Labute approximate surface area is 469 Å². The van der Waals surface area contributed by atoms with Crippen molar-refractivity contribution < 1.29 is 4.79 Å². The molecule has 5 aromatic heterocycles. The van der Waals surface area contributed by atoms with Crippen LogP contribution in [0.15, 0.2) is 52.4 Å². The van der Waals surface area contributed by atoms with E-state index in [2.05, 4.69) is 38.9 Å². The Morgan fingerprint density at radius 1 is 0.392 bits per heavy atom. The number of nitrogens with zero attached hydrogens (tertiary/aromatic N) is 9. The first-order chi connectivity index (χ1) is 36.1. The summed E-state index contributed by atoms with van der Waals surface area (Å²) >= 11 is 0. The fourth-order valence-electron chi connectivity index (χ4n) is 8.90. The van der Waals surface area contributed by atoms with E-state index in [1.807, 2.05) is 178 Å². The number of hydrogen-bond acceptors (Lipinski definition) is 11. The molecule has 0 atom stereocenters. The van der Waals surface area contributed by atoms with Crippen LogP contribution < -0.4 is 38.8 Å². The number of nitrogens with one attached hydrogen (secondary N) is 2. The molecule has 0 aliphatic carbocycles. The summed E-state index contributed by atoms with van der Waals surface area (Å²) in [6, 6.07) is 1.00. The monoisotopic (exact) mass is 1100 g/mol. The quantitative estimate of drug-likeness (QED) is 0.153. The van der Waals surface area contributed by atoms with Crippen LogP contribution in [0.2, 0.25) is 0 Å². The van der Waals surface area contributed by atoms with Gasteiger partial charge < -0.3 is 19.4 Å². The van der Waals surface area contributed by atoms with E-state index < -0.39 is 0 Å². The summed E-state index contributed by atoms with van der Waals surface area (Å²) in [4.78, 5) is 93.8. The predicted molar refractivity (Wildman–Crippen MR) is 323 cm³/mol. The number of aromatic nitrogens is 9. The summed E-state index contributed by atoms with van der Waals surface area (Å²) in [6.07, 6.45) is 0. The van der Waals surface area contributed by atoms with Gasteiger partial charge in [-0.3, -0.25) is 47.9 Å². The van der Waals surface area contributed by atoms with E-state index >= 15 is 0 Å². The number of carbonyl (C=O) groups is 1. The molecule has 0 fully saturated rings. The van der Waals surface area contributed by atoms with Gasteiger partial charge in [0.1, 0.15) is 11.5 Å². The maximum absolute atomic E-state index is 12.0. The Morgan fingerprint density at radius 2 is 0.835 bits per heavy atom. The second-order valence-corrected chi connectivity index (χ2v) is 22.2. The van der Waals surface area contributed by atoms with Gasteiger partial charge in [-0.05, 0) is 217 Å². The molecule has 2 N–H and O–H groups in total. The lowest BCUT2D eigenvalue weighted by atomic mass is 10.0. The number of carbonyl (C=O) groups excluding carboxylic acids is 1. The summed E-state index contributed by atoms with van der Waals surface area (Å²) in [6.45, 7) is 59.8. The van der Waals surface area contributed by atoms with Crippen LogP contribution in [-0.4, -0.2) is 59.8 Å². The third kappa shape index (κ3) is 17.0. The fourth-order valence-corrected chi connectivity index (χ4v) is 8.90. The molecule has 6 heterocycles. The molecule has 0 saturated carbocycles. The molecule has 0 aromatic carbocycles. The number of allylic oxidation sites excluding steroid dienone is 2. The van der Waals surface area contributed by atoms with Crippen molar-refractivity contribution >= 4 is 5.91 Å². The molecule has 0 bridgehead atoms. The van der Waals surface area contributed by atoms with Crippen molar-refractivity contribution in [2.45, 2.75) is 237 Å². The largest absolute Gasteiger partial charge is 0.354 e. The number of amides is 1. The molecule has 5 aromatic rings. The molecule has 18 heteroatoms. The molecule has 6 rings (SSSR count). The van der Waals surface area contributed by atoms with Gasteiger partial charge in [0.25, 0.3) is 33.7 Å². The number of aromatic amines is 1. The summed E-state index contributed by atoms with van der Waals surface area (Å²) in [5.74, 6) is 0.765. The molecule has 79 heavy (non-hydrogen) atoms. The van der Waals surface area contributed by atoms with Crippen LogP contribution in [0.4, 0.5) is 0 Å². The Hall–Kier alpha value is -6.98. The highest BCUT2D eigenvalue weighted by molar-refractivity contribution is 5.95. The smallest absolute Gasteiger partial charge is 0.328 e. The zero-order valence-electron chi connectivity index (χ0n) is 53.6. The van der Waals surface area contributed by atoms with Gasteiger partial charge in [0.15, 0.2) is 0 Å². The second kappa shape index (κ2) is 29.3. The SMILES string of the molecule is C=C1NC(C)=C(C)N(C(C)C)C1=O.Cc1c(C)c(C)n(C(C)C)c(=O)c1C.Cc1c(C)n(C(C)C)c(=O)[nH]c1=O.Cc1nc(C)c(=O)n(C(C)C)c1C.Cc1nc(C)n(C(C)C)c(=O)c1C.Cc1nn(C(C)C)c(=O)c(C)c1C. The maximum atomic E-state index is 12.0. The highest BCUT2D eigenvalue weighted by Crippen LogP contribution is 2.20. The minimum Gasteiger partial charge on any atom is -0.354 e. The summed E-state index contributed by atoms with van der Waals surface area (Å²) < 4.78 is 8.51. The molecule has 1 amide bonds. The average molecular weight is 1100 g/mol. The molecule has 0 saturated heterocycles. The van der Waals surface area contributed by atoms with Crippen molar-refractivity contribution in [3.63, 3.8) is 0 Å². The highest BCUT2D eigenvalue weighted by atomic mass is 16.2. The van der Waals surface area contributed by atoms with Crippen molar-refractivity contribution in [1.82, 2.24) is 53.2 Å². The molecular weight excluding hydrogens is 999 g/mol. The van der Waals surface area contributed by atoms with Gasteiger partial charge in [0.2, 0.25) is 0 Å². The molecule has 18 nitrogen and oxygen atoms in total. The van der Waals surface area contributed by atoms with E-state index in [9.17, 15) is 33.6 Å². The van der Waals surface area contributed by atoms with E-state index in [1.54, 1.807) is 39.4 Å². The number of pyridine rings is 1. The lowest BCUT2D eigenvalue weighted by Crippen LogP contribution is -2.44. The standard InChI is InChI=1S/C12H19NO.4C10H16N2O.C9H14N2O2/c1-7(2)13-11(6)9(4)8(3)10(5)12(13)14;2*1-6(2)12-9(5)7(3)11-8(4)10(12)13;1-6(2)12-9(5)11-8(4)7(3)10(12)13;1-6(2)12-10(13)8(4)7(3)9(5)11-12;1-5(2)11-7(4)6(3)8(12)10-9(11)13/h7H,1-6H3;6H,1-5H3;6,11H,4H2,1-3,5H3;2*6H,1-5H3;5H,1-4H3,(H,10,12,13). The maximum Gasteiger partial charge on any atom is 0.328 e. The van der Waals surface area contributed by atoms with Gasteiger partial charge in [0.05, 0.1) is 23.1 Å². The number of H-pyrrole nitrogens is 1. The topological polar surface area (TPSA) is 214 Å². The summed E-state index contributed by atoms with van der Waals surface area (Å²) in [7, 11) is 0. The molecular formula is C61H97N11O7. The van der Waals surface area contributed by atoms with E-state index in [-0.39, 0.29) is 75.6 Å². The number of hydrogen-bond donors (Lipinski definition) is 2. The summed E-state index contributed by atoms with van der Waals surface area (Å²) in [5.41, 5.74) is 14.6. The molecule has 0 spiro atoms. The van der Waals surface area contributed by atoms with Crippen molar-refractivity contribution in [3.8, 4) is 0 Å².